The molecule has 1 aromatic heterocycles. The van der Waals surface area contributed by atoms with E-state index < -0.39 is 0 Å². The normalized spacial score (nSPS) is 17.1. The lowest BCUT2D eigenvalue weighted by atomic mass is 9.93. The van der Waals surface area contributed by atoms with Crippen molar-refractivity contribution in [1.82, 2.24) is 9.88 Å². The maximum Gasteiger partial charge on any atom is 0.130 e. The summed E-state index contributed by atoms with van der Waals surface area (Å²) < 4.78 is 2.35. The zero-order chi connectivity index (χ0) is 24.1. The van der Waals surface area contributed by atoms with Gasteiger partial charge in [-0.15, -0.1) is 0 Å². The highest BCUT2D eigenvalue weighted by molar-refractivity contribution is 6.10. The van der Waals surface area contributed by atoms with Gasteiger partial charge in [0.05, 0.1) is 17.1 Å². The number of nitrogens with two attached hydrogens (primary N) is 1. The number of para-hydroxylation sites is 3. The summed E-state index contributed by atoms with van der Waals surface area (Å²) in [4.78, 5) is 0. The summed E-state index contributed by atoms with van der Waals surface area (Å²) in [6.07, 6.45) is -0.283. The third kappa shape index (κ3) is 3.39. The smallest absolute Gasteiger partial charge is 0.130 e. The number of anilines is 1. The molecule has 5 aromatic carbocycles. The van der Waals surface area contributed by atoms with Gasteiger partial charge < -0.3 is 9.88 Å². The molecule has 6 aromatic rings. The van der Waals surface area contributed by atoms with Crippen molar-refractivity contribution in [2.75, 3.05) is 5.32 Å². The van der Waals surface area contributed by atoms with E-state index in [0.717, 1.165) is 5.69 Å². The first-order valence-electron chi connectivity index (χ1n) is 12.3. The Morgan fingerprint density at radius 1 is 0.611 bits per heavy atom. The van der Waals surface area contributed by atoms with E-state index in [2.05, 4.69) is 130 Å². The predicted octanol–water partition coefficient (Wildman–Crippen LogP) is 6.80. The van der Waals surface area contributed by atoms with Crippen molar-refractivity contribution in [1.29, 1.82) is 0 Å². The number of benzene rings is 5. The fourth-order valence-electron chi connectivity index (χ4n) is 5.51. The number of rotatable bonds is 3. The second-order valence-electron chi connectivity index (χ2n) is 9.35. The molecule has 174 valence electrons. The molecule has 4 nitrogen and oxygen atoms in total. The van der Waals surface area contributed by atoms with E-state index in [1.807, 2.05) is 6.07 Å². The van der Waals surface area contributed by atoms with Crippen LogP contribution in [0.3, 0.4) is 0 Å². The van der Waals surface area contributed by atoms with Crippen LogP contribution < -0.4 is 16.4 Å². The van der Waals surface area contributed by atoms with Crippen LogP contribution in [0, 0.1) is 0 Å². The maximum atomic E-state index is 6.22. The van der Waals surface area contributed by atoms with Crippen molar-refractivity contribution in [2.45, 2.75) is 12.3 Å². The molecule has 4 heteroatoms. The summed E-state index contributed by atoms with van der Waals surface area (Å²) in [6.45, 7) is 0. The lowest BCUT2D eigenvalue weighted by molar-refractivity contribution is 0.502. The minimum Gasteiger partial charge on any atom is -0.357 e. The molecule has 0 radical (unpaired) electrons. The Morgan fingerprint density at radius 2 is 1.31 bits per heavy atom. The number of nitrogens with zero attached hydrogens (tertiary/aromatic N) is 1. The fraction of sp³-hybridized carbons (Fsp3) is 0.0625. The van der Waals surface area contributed by atoms with Gasteiger partial charge >= 0.3 is 0 Å². The second-order valence-corrected chi connectivity index (χ2v) is 9.35. The first-order valence-corrected chi connectivity index (χ1v) is 12.3. The van der Waals surface area contributed by atoms with Gasteiger partial charge in [0.25, 0.3) is 0 Å². The number of aromatic nitrogens is 1. The summed E-state index contributed by atoms with van der Waals surface area (Å²) in [7, 11) is 0. The molecule has 2 unspecified atom stereocenters. The fourth-order valence-corrected chi connectivity index (χ4v) is 5.51. The minimum absolute atomic E-state index is 0.0535. The van der Waals surface area contributed by atoms with Crippen molar-refractivity contribution in [3.05, 3.63) is 132 Å². The van der Waals surface area contributed by atoms with Gasteiger partial charge in [-0.2, -0.15) is 0 Å². The number of nitrogens with one attached hydrogen (secondary N) is 2. The van der Waals surface area contributed by atoms with Gasteiger partial charge in [0, 0.05) is 22.1 Å². The molecule has 2 heterocycles. The quantitative estimate of drug-likeness (QED) is 0.269. The Kier molecular flexibility index (Phi) is 4.88. The third-order valence-electron chi connectivity index (χ3n) is 7.19. The van der Waals surface area contributed by atoms with Crippen LogP contribution in [0.1, 0.15) is 17.2 Å². The molecule has 36 heavy (non-hydrogen) atoms. The third-order valence-corrected chi connectivity index (χ3v) is 7.19. The summed E-state index contributed by atoms with van der Waals surface area (Å²) in [5.74, 6) is 0. The van der Waals surface area contributed by atoms with Crippen LogP contribution in [0.25, 0.3) is 38.6 Å². The van der Waals surface area contributed by atoms with Crippen LogP contribution in [-0.4, -0.2) is 10.9 Å². The van der Waals surface area contributed by atoms with Gasteiger partial charge in [-0.05, 0) is 58.7 Å². The van der Waals surface area contributed by atoms with Crippen LogP contribution in [0.15, 0.2) is 121 Å². The molecular formula is C32H26N4. The van der Waals surface area contributed by atoms with E-state index in [9.17, 15) is 0 Å². The van der Waals surface area contributed by atoms with E-state index in [1.165, 1.54) is 49.7 Å². The minimum atomic E-state index is -0.283. The van der Waals surface area contributed by atoms with Crippen LogP contribution in [0.2, 0.25) is 0 Å². The SMILES string of the molecule is NC1Nc2ccccc2C(c2ccc(-c3ccc4c(c3)c3ccccc3n4-c3ccccc3)cc2)N1. The van der Waals surface area contributed by atoms with Gasteiger partial charge in [0.15, 0.2) is 0 Å². The second kappa shape index (κ2) is 8.38. The zero-order valence-corrected chi connectivity index (χ0v) is 19.7. The summed E-state index contributed by atoms with van der Waals surface area (Å²) >= 11 is 0. The molecule has 0 spiro atoms. The molecule has 1 aliphatic rings. The van der Waals surface area contributed by atoms with E-state index in [-0.39, 0.29) is 12.3 Å². The van der Waals surface area contributed by atoms with Gasteiger partial charge in [0.2, 0.25) is 0 Å². The van der Waals surface area contributed by atoms with Crippen LogP contribution in [0.4, 0.5) is 5.69 Å². The van der Waals surface area contributed by atoms with Gasteiger partial charge in [-0.3, -0.25) is 11.1 Å². The first kappa shape index (κ1) is 20.9. The number of hydrogen-bond donors (Lipinski definition) is 3. The number of hydrogen-bond acceptors (Lipinski definition) is 3. The van der Waals surface area contributed by atoms with E-state index >= 15 is 0 Å². The first-order chi connectivity index (χ1) is 17.8. The predicted molar refractivity (Wildman–Crippen MR) is 149 cm³/mol. The van der Waals surface area contributed by atoms with Crippen molar-refractivity contribution >= 4 is 27.5 Å². The Labute approximate surface area is 210 Å². The zero-order valence-electron chi connectivity index (χ0n) is 19.7. The molecule has 0 fully saturated rings. The molecular weight excluding hydrogens is 440 g/mol. The highest BCUT2D eigenvalue weighted by atomic mass is 15.3. The topological polar surface area (TPSA) is 55.0 Å². The molecule has 0 saturated heterocycles. The summed E-state index contributed by atoms with van der Waals surface area (Å²) in [6, 6.07) is 43.2. The molecule has 4 N–H and O–H groups in total. The highest BCUT2D eigenvalue weighted by Gasteiger charge is 2.24. The standard InChI is InChI=1S/C32H26N4/c33-32-34-28-12-6-4-11-26(28)31(35-32)22-16-14-21(15-17-22)23-18-19-30-27(20-23)25-10-5-7-13-29(25)36(30)24-8-2-1-3-9-24/h1-20,31-32,34-35H,33H2. The Morgan fingerprint density at radius 3 is 2.17 bits per heavy atom. The lowest BCUT2D eigenvalue weighted by Gasteiger charge is -2.33. The van der Waals surface area contributed by atoms with E-state index in [0.29, 0.717) is 0 Å². The van der Waals surface area contributed by atoms with Gasteiger partial charge in [-0.1, -0.05) is 84.9 Å². The van der Waals surface area contributed by atoms with E-state index in [1.54, 1.807) is 0 Å². The van der Waals surface area contributed by atoms with Crippen LogP contribution in [-0.2, 0) is 0 Å². The van der Waals surface area contributed by atoms with Crippen LogP contribution in [0.5, 0.6) is 0 Å². The Balaban J connectivity index is 1.30. The lowest BCUT2D eigenvalue weighted by Crippen LogP contribution is -2.49. The molecule has 0 saturated carbocycles. The largest absolute Gasteiger partial charge is 0.357 e. The maximum absolute atomic E-state index is 6.22. The van der Waals surface area contributed by atoms with Crippen molar-refractivity contribution in [3.8, 4) is 16.8 Å². The van der Waals surface area contributed by atoms with Gasteiger partial charge in [0.1, 0.15) is 6.29 Å². The molecule has 0 aliphatic carbocycles. The summed E-state index contributed by atoms with van der Waals surface area (Å²) in [5.41, 5.74) is 15.7. The Hall–Kier alpha value is -4.38. The molecule has 1 aliphatic heterocycles. The van der Waals surface area contributed by atoms with Crippen molar-refractivity contribution in [2.24, 2.45) is 5.73 Å². The molecule has 7 rings (SSSR count). The molecule has 0 bridgehead atoms. The van der Waals surface area contributed by atoms with E-state index in [4.69, 9.17) is 5.73 Å². The van der Waals surface area contributed by atoms with Gasteiger partial charge in [-0.25, -0.2) is 0 Å². The Bertz CT molecular complexity index is 1700. The monoisotopic (exact) mass is 466 g/mol. The molecule has 2 atom stereocenters. The van der Waals surface area contributed by atoms with Crippen molar-refractivity contribution < 1.29 is 0 Å². The summed E-state index contributed by atoms with van der Waals surface area (Å²) in [5, 5.41) is 9.30. The van der Waals surface area contributed by atoms with Crippen LogP contribution >= 0.6 is 0 Å². The highest BCUT2D eigenvalue weighted by Crippen LogP contribution is 2.36. The average Bonchev–Trinajstić information content (AvgIpc) is 3.27. The average molecular weight is 467 g/mol. The molecule has 0 amide bonds. The number of fused-ring (bicyclic) bond motifs is 4. The van der Waals surface area contributed by atoms with Crippen molar-refractivity contribution in [3.63, 3.8) is 0 Å².